The van der Waals surface area contributed by atoms with E-state index in [0.29, 0.717) is 17.8 Å². The highest BCUT2D eigenvalue weighted by molar-refractivity contribution is 7.92. The maximum atomic E-state index is 11.7. The van der Waals surface area contributed by atoms with Gasteiger partial charge in [-0.25, -0.2) is 8.42 Å². The number of benzene rings is 1. The van der Waals surface area contributed by atoms with Gasteiger partial charge >= 0.3 is 0 Å². The van der Waals surface area contributed by atoms with Crippen LogP contribution in [-0.2, 0) is 14.6 Å². The summed E-state index contributed by atoms with van der Waals surface area (Å²) in [7, 11) is -3.33. The zero-order chi connectivity index (χ0) is 14.3. The van der Waals surface area contributed by atoms with E-state index in [-0.39, 0.29) is 5.75 Å². The standard InChI is InChI=1S/C13H20N2O3S/c1-2-3-4-8-19(17,18)10-13(16)15-12-7-5-6-11(14)9-12/h5-7,9H,2-4,8,10,14H2,1H3,(H,15,16). The molecule has 0 atom stereocenters. The molecular formula is C13H20N2O3S. The second-order valence-corrected chi connectivity index (χ2v) is 6.66. The fourth-order valence-electron chi connectivity index (χ4n) is 1.66. The Hall–Kier alpha value is -1.56. The number of carbonyl (C=O) groups is 1. The van der Waals surface area contributed by atoms with Gasteiger partial charge in [-0.05, 0) is 24.6 Å². The molecule has 6 heteroatoms. The average molecular weight is 284 g/mol. The van der Waals surface area contributed by atoms with Gasteiger partial charge in [-0.15, -0.1) is 0 Å². The highest BCUT2D eigenvalue weighted by Crippen LogP contribution is 2.12. The van der Waals surface area contributed by atoms with Crippen molar-refractivity contribution in [2.45, 2.75) is 26.2 Å². The van der Waals surface area contributed by atoms with Crippen molar-refractivity contribution in [2.75, 3.05) is 22.6 Å². The fourth-order valence-corrected chi connectivity index (χ4v) is 2.92. The maximum absolute atomic E-state index is 11.7. The zero-order valence-corrected chi connectivity index (χ0v) is 11.9. The fraction of sp³-hybridized carbons (Fsp3) is 0.462. The van der Waals surface area contributed by atoms with Crippen LogP contribution in [-0.4, -0.2) is 25.8 Å². The third-order valence-corrected chi connectivity index (χ3v) is 4.19. The van der Waals surface area contributed by atoms with Crippen LogP contribution in [0.4, 0.5) is 11.4 Å². The molecule has 5 nitrogen and oxygen atoms in total. The monoisotopic (exact) mass is 284 g/mol. The van der Waals surface area contributed by atoms with Gasteiger partial charge in [0.15, 0.2) is 9.84 Å². The molecule has 0 saturated carbocycles. The smallest absolute Gasteiger partial charge is 0.239 e. The first-order valence-corrected chi connectivity index (χ1v) is 8.11. The predicted octanol–water partition coefficient (Wildman–Crippen LogP) is 1.81. The summed E-state index contributed by atoms with van der Waals surface area (Å²) in [6.45, 7) is 2.00. The van der Waals surface area contributed by atoms with Gasteiger partial charge in [-0.3, -0.25) is 4.79 Å². The van der Waals surface area contributed by atoms with Crippen molar-refractivity contribution in [1.82, 2.24) is 0 Å². The van der Waals surface area contributed by atoms with E-state index in [4.69, 9.17) is 5.73 Å². The van der Waals surface area contributed by atoms with E-state index in [9.17, 15) is 13.2 Å². The largest absolute Gasteiger partial charge is 0.399 e. The Labute approximate surface area is 114 Å². The number of unbranched alkanes of at least 4 members (excludes halogenated alkanes) is 2. The van der Waals surface area contributed by atoms with Crippen molar-refractivity contribution >= 4 is 27.1 Å². The Balaban J connectivity index is 2.51. The van der Waals surface area contributed by atoms with Crippen molar-refractivity contribution in [3.8, 4) is 0 Å². The van der Waals surface area contributed by atoms with Crippen molar-refractivity contribution in [3.05, 3.63) is 24.3 Å². The first-order valence-electron chi connectivity index (χ1n) is 6.29. The first-order chi connectivity index (χ1) is 8.93. The number of hydrogen-bond acceptors (Lipinski definition) is 4. The lowest BCUT2D eigenvalue weighted by Gasteiger charge is -2.06. The second-order valence-electron chi connectivity index (χ2n) is 4.47. The first kappa shape index (κ1) is 15.5. The highest BCUT2D eigenvalue weighted by Gasteiger charge is 2.16. The molecule has 3 N–H and O–H groups in total. The van der Waals surface area contributed by atoms with Gasteiger partial charge in [0.05, 0.1) is 5.75 Å². The quantitative estimate of drug-likeness (QED) is 0.590. The summed E-state index contributed by atoms with van der Waals surface area (Å²) in [5.74, 6) is -0.946. The summed E-state index contributed by atoms with van der Waals surface area (Å²) in [6, 6.07) is 6.64. The number of nitrogens with one attached hydrogen (secondary N) is 1. The van der Waals surface area contributed by atoms with Crippen LogP contribution >= 0.6 is 0 Å². The summed E-state index contributed by atoms with van der Waals surface area (Å²) in [6.07, 6.45) is 2.41. The van der Waals surface area contributed by atoms with Gasteiger partial charge in [-0.1, -0.05) is 25.8 Å². The van der Waals surface area contributed by atoms with Crippen LogP contribution in [0.5, 0.6) is 0 Å². The minimum absolute atomic E-state index is 0.0607. The van der Waals surface area contributed by atoms with E-state index in [1.807, 2.05) is 6.92 Å². The molecule has 0 spiro atoms. The van der Waals surface area contributed by atoms with Gasteiger partial charge in [-0.2, -0.15) is 0 Å². The molecule has 0 saturated heterocycles. The maximum Gasteiger partial charge on any atom is 0.239 e. The lowest BCUT2D eigenvalue weighted by molar-refractivity contribution is -0.113. The SMILES string of the molecule is CCCCCS(=O)(=O)CC(=O)Nc1cccc(N)c1. The molecular weight excluding hydrogens is 264 g/mol. The Morgan fingerprint density at radius 2 is 2.05 bits per heavy atom. The number of anilines is 2. The molecule has 0 bridgehead atoms. The topological polar surface area (TPSA) is 89.3 Å². The molecule has 106 valence electrons. The number of rotatable bonds is 7. The molecule has 1 rings (SSSR count). The Morgan fingerprint density at radius 3 is 2.68 bits per heavy atom. The van der Waals surface area contributed by atoms with Gasteiger partial charge in [0.1, 0.15) is 5.75 Å². The van der Waals surface area contributed by atoms with Crippen molar-refractivity contribution < 1.29 is 13.2 Å². The van der Waals surface area contributed by atoms with Crippen LogP contribution in [0, 0.1) is 0 Å². The Morgan fingerprint density at radius 1 is 1.32 bits per heavy atom. The van der Waals surface area contributed by atoms with Crippen LogP contribution in [0.2, 0.25) is 0 Å². The van der Waals surface area contributed by atoms with Crippen molar-refractivity contribution in [2.24, 2.45) is 0 Å². The van der Waals surface area contributed by atoms with Gasteiger partial charge in [0, 0.05) is 11.4 Å². The summed E-state index contributed by atoms with van der Waals surface area (Å²) in [5, 5.41) is 2.53. The number of amides is 1. The van der Waals surface area contributed by atoms with E-state index in [0.717, 1.165) is 12.8 Å². The molecule has 0 heterocycles. The summed E-state index contributed by atoms with van der Waals surface area (Å²) < 4.78 is 23.4. The molecule has 1 aromatic rings. The second kappa shape index (κ2) is 7.13. The van der Waals surface area contributed by atoms with E-state index in [1.54, 1.807) is 24.3 Å². The molecule has 0 aromatic heterocycles. The Kier molecular flexibility index (Phi) is 5.82. The molecule has 0 aliphatic carbocycles. The number of sulfone groups is 1. The molecule has 0 fully saturated rings. The number of nitrogen functional groups attached to an aromatic ring is 1. The summed E-state index contributed by atoms with van der Waals surface area (Å²) in [4.78, 5) is 11.6. The zero-order valence-electron chi connectivity index (χ0n) is 11.1. The van der Waals surface area contributed by atoms with E-state index < -0.39 is 21.5 Å². The van der Waals surface area contributed by atoms with Gasteiger partial charge < -0.3 is 11.1 Å². The lowest BCUT2D eigenvalue weighted by atomic mass is 10.3. The van der Waals surface area contributed by atoms with Gasteiger partial charge in [0.2, 0.25) is 5.91 Å². The molecule has 1 amide bonds. The normalized spacial score (nSPS) is 11.2. The van der Waals surface area contributed by atoms with Crippen LogP contribution < -0.4 is 11.1 Å². The Bertz CT molecular complexity index is 526. The van der Waals surface area contributed by atoms with Crippen molar-refractivity contribution in [1.29, 1.82) is 0 Å². The third kappa shape index (κ3) is 6.24. The van der Waals surface area contributed by atoms with Crippen LogP contribution in [0.25, 0.3) is 0 Å². The van der Waals surface area contributed by atoms with Gasteiger partial charge in [0.25, 0.3) is 0 Å². The molecule has 0 aliphatic heterocycles. The number of carbonyl (C=O) groups excluding carboxylic acids is 1. The predicted molar refractivity (Wildman–Crippen MR) is 77.7 cm³/mol. The molecule has 0 radical (unpaired) electrons. The average Bonchev–Trinajstić information content (AvgIpc) is 2.27. The number of nitrogens with two attached hydrogens (primary N) is 1. The highest BCUT2D eigenvalue weighted by atomic mass is 32.2. The van der Waals surface area contributed by atoms with Crippen LogP contribution in [0.1, 0.15) is 26.2 Å². The number of hydrogen-bond donors (Lipinski definition) is 2. The lowest BCUT2D eigenvalue weighted by Crippen LogP contribution is -2.24. The minimum atomic E-state index is -3.33. The third-order valence-electron chi connectivity index (χ3n) is 2.58. The van der Waals surface area contributed by atoms with Crippen molar-refractivity contribution in [3.63, 3.8) is 0 Å². The molecule has 19 heavy (non-hydrogen) atoms. The van der Waals surface area contributed by atoms with Crippen LogP contribution in [0.15, 0.2) is 24.3 Å². The summed E-state index contributed by atoms with van der Waals surface area (Å²) in [5.41, 5.74) is 6.60. The molecule has 0 aliphatic rings. The van der Waals surface area contributed by atoms with E-state index in [2.05, 4.69) is 5.32 Å². The van der Waals surface area contributed by atoms with E-state index in [1.165, 1.54) is 0 Å². The van der Waals surface area contributed by atoms with E-state index >= 15 is 0 Å². The molecule has 0 unspecified atom stereocenters. The van der Waals surface area contributed by atoms with Crippen LogP contribution in [0.3, 0.4) is 0 Å². The molecule has 1 aromatic carbocycles. The summed E-state index contributed by atoms with van der Waals surface area (Å²) >= 11 is 0. The minimum Gasteiger partial charge on any atom is -0.399 e.